The van der Waals surface area contributed by atoms with E-state index < -0.39 is 98.0 Å². The van der Waals surface area contributed by atoms with E-state index in [-0.39, 0.29) is 18.7 Å². The van der Waals surface area contributed by atoms with Gasteiger partial charge in [-0.15, -0.1) is 0 Å². The number of alkyl halides is 3. The van der Waals surface area contributed by atoms with Crippen molar-refractivity contribution in [2.75, 3.05) is 30.5 Å². The van der Waals surface area contributed by atoms with Crippen molar-refractivity contribution in [1.82, 2.24) is 10.6 Å². The Kier molecular flexibility index (Phi) is 17.8. The molecule has 18 heteroatoms. The molecular formula is C39H55F3N4O11. The smallest absolute Gasteiger partial charge is 0.416 e. The monoisotopic (exact) mass is 812 g/mol. The van der Waals surface area contributed by atoms with Crippen molar-refractivity contribution in [3.8, 4) is 0 Å². The molecule has 2 aromatic carbocycles. The van der Waals surface area contributed by atoms with Gasteiger partial charge in [0, 0.05) is 17.8 Å². The minimum absolute atomic E-state index is 0.109. The van der Waals surface area contributed by atoms with Crippen LogP contribution in [0.1, 0.15) is 75.8 Å². The number of amides is 4. The molecule has 9 atom stereocenters. The van der Waals surface area contributed by atoms with E-state index in [9.17, 15) is 48.0 Å². The van der Waals surface area contributed by atoms with Crippen molar-refractivity contribution in [3.05, 3.63) is 59.7 Å². The number of aliphatic hydroxyl groups is 4. The molecule has 2 aromatic rings. The van der Waals surface area contributed by atoms with Crippen molar-refractivity contribution in [1.29, 1.82) is 0 Å². The zero-order valence-electron chi connectivity index (χ0n) is 32.1. The van der Waals surface area contributed by atoms with E-state index in [2.05, 4.69) is 28.2 Å². The summed E-state index contributed by atoms with van der Waals surface area (Å²) in [5.74, 6) is -0.432. The second-order valence-corrected chi connectivity index (χ2v) is 14.3. The molecule has 0 radical (unpaired) electrons. The first-order valence-electron chi connectivity index (χ1n) is 19.3. The summed E-state index contributed by atoms with van der Waals surface area (Å²) in [6.07, 6.45) is -8.75. The number of ether oxygens (including phenoxy) is 4. The van der Waals surface area contributed by atoms with Gasteiger partial charge >= 0.3 is 18.3 Å². The zero-order chi connectivity index (χ0) is 41.5. The van der Waals surface area contributed by atoms with E-state index in [4.69, 9.17) is 18.9 Å². The third-order valence-corrected chi connectivity index (χ3v) is 9.79. The minimum Gasteiger partial charge on any atom is -0.440 e. The van der Waals surface area contributed by atoms with E-state index in [0.29, 0.717) is 12.1 Å². The van der Waals surface area contributed by atoms with Crippen LogP contribution >= 0.6 is 0 Å². The van der Waals surface area contributed by atoms with Gasteiger partial charge in [-0.25, -0.2) is 9.59 Å². The maximum atomic E-state index is 13.4. The molecule has 318 valence electrons. The first kappa shape index (κ1) is 45.7. The third kappa shape index (κ3) is 13.8. The number of carbonyl (C=O) groups excluding carboxylic acids is 3. The van der Waals surface area contributed by atoms with E-state index in [1.165, 1.54) is 12.5 Å². The quantitative estimate of drug-likeness (QED) is 0.0991. The van der Waals surface area contributed by atoms with Gasteiger partial charge in [0.15, 0.2) is 12.4 Å². The number of unbranched alkanes of at least 4 members (excludes halogenated alkanes) is 7. The second kappa shape index (κ2) is 22.2. The minimum atomic E-state index is -4.67. The Hall–Kier alpha value is -4.04. The summed E-state index contributed by atoms with van der Waals surface area (Å²) in [5.41, 5.74) is 0.00914. The van der Waals surface area contributed by atoms with Gasteiger partial charge < -0.3 is 55.3 Å². The fraction of sp³-hybridized carbons (Fsp3) is 0.615. The molecule has 2 aliphatic rings. The molecule has 0 saturated carbocycles. The first-order chi connectivity index (χ1) is 27.2. The van der Waals surface area contributed by atoms with Crippen LogP contribution in [0.15, 0.2) is 48.5 Å². The predicted octanol–water partition coefficient (Wildman–Crippen LogP) is 4.35. The maximum Gasteiger partial charge on any atom is 0.416 e. The van der Waals surface area contributed by atoms with Crippen LogP contribution in [-0.4, -0.2) is 113 Å². The SMILES string of the molecule is CCCCCCCCCCC(=O)N[C@H]1C(CO)OCC(NC(=O)Nc2cccc(C(F)(F)F)c2)[C@H]1O[C@@H]1OC(CO)[C@H](O)[C@H](OC(=O)Nc2cccc(C)c2)C1O. The Morgan fingerprint density at radius 3 is 2.12 bits per heavy atom. The molecule has 0 aliphatic carbocycles. The lowest BCUT2D eigenvalue weighted by Crippen LogP contribution is -2.69. The van der Waals surface area contributed by atoms with Crippen molar-refractivity contribution in [2.24, 2.45) is 0 Å². The van der Waals surface area contributed by atoms with Gasteiger partial charge in [0.25, 0.3) is 0 Å². The lowest BCUT2D eigenvalue weighted by Gasteiger charge is -2.47. The molecule has 2 heterocycles. The number of anilines is 2. The van der Waals surface area contributed by atoms with Crippen LogP contribution < -0.4 is 21.3 Å². The molecule has 8 N–H and O–H groups in total. The van der Waals surface area contributed by atoms with Crippen LogP contribution in [0.4, 0.5) is 34.1 Å². The van der Waals surface area contributed by atoms with E-state index in [1.54, 1.807) is 31.2 Å². The van der Waals surface area contributed by atoms with Gasteiger partial charge in [0.1, 0.15) is 30.5 Å². The van der Waals surface area contributed by atoms with Crippen molar-refractivity contribution in [2.45, 2.75) is 133 Å². The Balaban J connectivity index is 1.54. The van der Waals surface area contributed by atoms with Crippen molar-refractivity contribution < 1.29 is 66.9 Å². The third-order valence-electron chi connectivity index (χ3n) is 9.79. The van der Waals surface area contributed by atoms with Gasteiger partial charge in [-0.3, -0.25) is 10.1 Å². The average molecular weight is 813 g/mol. The highest BCUT2D eigenvalue weighted by Crippen LogP contribution is 2.32. The number of aliphatic hydroxyl groups excluding tert-OH is 4. The summed E-state index contributed by atoms with van der Waals surface area (Å²) in [7, 11) is 0. The number of rotatable bonds is 18. The fourth-order valence-electron chi connectivity index (χ4n) is 6.77. The van der Waals surface area contributed by atoms with Crippen LogP contribution in [0, 0.1) is 6.92 Å². The van der Waals surface area contributed by atoms with E-state index in [0.717, 1.165) is 62.3 Å². The Bertz CT molecular complexity index is 1590. The number of hydrogen-bond acceptors (Lipinski definition) is 11. The molecule has 2 aliphatic heterocycles. The molecule has 4 amide bonds. The highest BCUT2D eigenvalue weighted by Gasteiger charge is 2.51. The number of aryl methyl sites for hydroxylation is 1. The Morgan fingerprint density at radius 1 is 0.825 bits per heavy atom. The molecule has 0 aromatic heterocycles. The maximum absolute atomic E-state index is 13.4. The highest BCUT2D eigenvalue weighted by atomic mass is 19.4. The lowest BCUT2D eigenvalue weighted by molar-refractivity contribution is -0.319. The summed E-state index contributed by atoms with van der Waals surface area (Å²) in [5, 5.41) is 52.9. The highest BCUT2D eigenvalue weighted by molar-refractivity contribution is 5.89. The first-order valence-corrected chi connectivity index (χ1v) is 19.3. The normalized spacial score (nSPS) is 26.3. The topological polar surface area (TPSA) is 217 Å². The number of hydrogen-bond donors (Lipinski definition) is 8. The molecule has 0 spiro atoms. The summed E-state index contributed by atoms with van der Waals surface area (Å²) in [6.45, 7) is 2.17. The molecule has 4 unspecified atom stereocenters. The van der Waals surface area contributed by atoms with Crippen LogP contribution in [0.25, 0.3) is 0 Å². The molecule has 0 bridgehead atoms. The standard InChI is InChI=1S/C39H55F3N4O11/c1-3-4-5-6-7-8-9-10-17-30(49)46-31-28(20-47)54-22-27(45-37(52)43-26-16-12-14-24(19-26)39(40,41)42)34(31)56-36-33(51)35(32(50)29(21-48)55-36)57-38(53)44-25-15-11-13-23(2)18-25/h11-16,18-19,27-29,31-36,47-48,50-51H,3-10,17,20-22H2,1-2H3,(H,44,53)(H,46,49)(H2,43,45,52)/t27?,28?,29?,31-,32-,33?,34+,35-,36-/m0/s1. The van der Waals surface area contributed by atoms with Gasteiger partial charge in [-0.1, -0.05) is 70.1 Å². The van der Waals surface area contributed by atoms with Gasteiger partial charge in [0.05, 0.1) is 37.5 Å². The number of urea groups is 1. The van der Waals surface area contributed by atoms with Crippen LogP contribution in [0.2, 0.25) is 0 Å². The molecule has 2 fully saturated rings. The molecular weight excluding hydrogens is 757 g/mol. The van der Waals surface area contributed by atoms with E-state index >= 15 is 0 Å². The number of halogens is 3. The molecule has 2 saturated heterocycles. The van der Waals surface area contributed by atoms with Gasteiger partial charge in [-0.2, -0.15) is 13.2 Å². The van der Waals surface area contributed by atoms with Gasteiger partial charge in [-0.05, 0) is 49.2 Å². The van der Waals surface area contributed by atoms with Crippen molar-refractivity contribution >= 4 is 29.4 Å². The summed E-state index contributed by atoms with van der Waals surface area (Å²) in [4.78, 5) is 39.5. The van der Waals surface area contributed by atoms with Gasteiger partial charge in [0.2, 0.25) is 5.91 Å². The summed E-state index contributed by atoms with van der Waals surface area (Å²) >= 11 is 0. The van der Waals surface area contributed by atoms with Crippen LogP contribution in [0.3, 0.4) is 0 Å². The Morgan fingerprint density at radius 2 is 1.47 bits per heavy atom. The van der Waals surface area contributed by atoms with Crippen LogP contribution in [0.5, 0.6) is 0 Å². The number of nitrogens with one attached hydrogen (secondary N) is 4. The molecule has 4 rings (SSSR count). The Labute approximate surface area is 329 Å². The fourth-order valence-corrected chi connectivity index (χ4v) is 6.77. The van der Waals surface area contributed by atoms with Crippen molar-refractivity contribution in [3.63, 3.8) is 0 Å². The zero-order valence-corrected chi connectivity index (χ0v) is 32.1. The lowest BCUT2D eigenvalue weighted by atomic mass is 9.94. The van der Waals surface area contributed by atoms with E-state index in [1.807, 2.05) is 0 Å². The largest absolute Gasteiger partial charge is 0.440 e. The second-order valence-electron chi connectivity index (χ2n) is 14.3. The number of carbonyl (C=O) groups is 3. The average Bonchev–Trinajstić information content (AvgIpc) is 3.16. The predicted molar refractivity (Wildman–Crippen MR) is 201 cm³/mol. The molecule has 57 heavy (non-hydrogen) atoms. The summed E-state index contributed by atoms with van der Waals surface area (Å²) in [6, 6.07) is 7.30. The molecule has 15 nitrogen and oxygen atoms in total. The van der Waals surface area contributed by atoms with Crippen LogP contribution in [-0.2, 0) is 29.9 Å². The summed E-state index contributed by atoms with van der Waals surface area (Å²) < 4.78 is 63.2. The number of benzene rings is 2.